The smallest absolute Gasteiger partial charge is 0.126 e. The van der Waals surface area contributed by atoms with Crippen LogP contribution >= 0.6 is 0 Å². The minimum Gasteiger partial charge on any atom is -0.379 e. The molecule has 0 bridgehead atoms. The maximum absolute atomic E-state index is 13.0. The van der Waals surface area contributed by atoms with E-state index in [0.29, 0.717) is 12.2 Å². The van der Waals surface area contributed by atoms with Crippen molar-refractivity contribution < 1.29 is 13.5 Å². The van der Waals surface area contributed by atoms with Crippen LogP contribution in [0.3, 0.4) is 0 Å². The van der Waals surface area contributed by atoms with E-state index in [2.05, 4.69) is 5.43 Å². The molecule has 90 valence electrons. The SMILES string of the molecule is CCCOCC(NN)c1cc(F)cc(F)c1. The predicted molar refractivity (Wildman–Crippen MR) is 57.5 cm³/mol. The zero-order valence-corrected chi connectivity index (χ0v) is 9.17. The Morgan fingerprint density at radius 1 is 1.31 bits per heavy atom. The van der Waals surface area contributed by atoms with Crippen LogP contribution in [-0.4, -0.2) is 13.2 Å². The second-order valence-electron chi connectivity index (χ2n) is 3.50. The monoisotopic (exact) mass is 230 g/mol. The van der Waals surface area contributed by atoms with Crippen LogP contribution in [0.2, 0.25) is 0 Å². The van der Waals surface area contributed by atoms with Crippen molar-refractivity contribution in [3.05, 3.63) is 35.4 Å². The number of benzene rings is 1. The van der Waals surface area contributed by atoms with Crippen molar-refractivity contribution in [1.29, 1.82) is 0 Å². The molecule has 1 unspecified atom stereocenters. The summed E-state index contributed by atoms with van der Waals surface area (Å²) in [5.74, 6) is 4.07. The number of halogens is 2. The zero-order chi connectivity index (χ0) is 12.0. The van der Waals surface area contributed by atoms with Crippen LogP contribution in [0.15, 0.2) is 18.2 Å². The molecule has 1 aromatic carbocycles. The van der Waals surface area contributed by atoms with Crippen LogP contribution in [0.4, 0.5) is 8.78 Å². The summed E-state index contributed by atoms with van der Waals surface area (Å²) in [7, 11) is 0. The highest BCUT2D eigenvalue weighted by atomic mass is 19.1. The number of hydrazine groups is 1. The van der Waals surface area contributed by atoms with Gasteiger partial charge in [0.25, 0.3) is 0 Å². The molecule has 1 atom stereocenters. The second kappa shape index (κ2) is 6.52. The highest BCUT2D eigenvalue weighted by Gasteiger charge is 2.12. The number of hydrogen-bond donors (Lipinski definition) is 2. The van der Waals surface area contributed by atoms with Crippen molar-refractivity contribution in [2.45, 2.75) is 19.4 Å². The van der Waals surface area contributed by atoms with E-state index in [0.717, 1.165) is 12.5 Å². The molecule has 0 saturated carbocycles. The van der Waals surface area contributed by atoms with Gasteiger partial charge in [0.05, 0.1) is 12.6 Å². The highest BCUT2D eigenvalue weighted by molar-refractivity contribution is 5.21. The largest absolute Gasteiger partial charge is 0.379 e. The lowest BCUT2D eigenvalue weighted by molar-refractivity contribution is 0.112. The van der Waals surface area contributed by atoms with Gasteiger partial charge in [0.15, 0.2) is 0 Å². The Morgan fingerprint density at radius 3 is 2.44 bits per heavy atom. The lowest BCUT2D eigenvalue weighted by atomic mass is 10.1. The number of nitrogens with one attached hydrogen (secondary N) is 1. The van der Waals surface area contributed by atoms with Gasteiger partial charge in [-0.25, -0.2) is 8.78 Å². The van der Waals surface area contributed by atoms with Gasteiger partial charge in [-0.05, 0) is 24.1 Å². The van der Waals surface area contributed by atoms with Crippen molar-refractivity contribution >= 4 is 0 Å². The summed E-state index contributed by atoms with van der Waals surface area (Å²) in [6.45, 7) is 2.86. The van der Waals surface area contributed by atoms with Gasteiger partial charge in [-0.1, -0.05) is 6.92 Å². The molecule has 16 heavy (non-hydrogen) atoms. The lowest BCUT2D eigenvalue weighted by Gasteiger charge is -2.16. The molecule has 0 spiro atoms. The average Bonchev–Trinajstić information content (AvgIpc) is 2.23. The number of hydrogen-bond acceptors (Lipinski definition) is 3. The lowest BCUT2D eigenvalue weighted by Crippen LogP contribution is -2.31. The van der Waals surface area contributed by atoms with Gasteiger partial charge in [-0.3, -0.25) is 11.3 Å². The van der Waals surface area contributed by atoms with E-state index in [1.165, 1.54) is 12.1 Å². The molecule has 5 heteroatoms. The van der Waals surface area contributed by atoms with Crippen molar-refractivity contribution in [3.8, 4) is 0 Å². The summed E-state index contributed by atoms with van der Waals surface area (Å²) < 4.78 is 31.2. The molecule has 0 saturated heterocycles. The molecule has 3 nitrogen and oxygen atoms in total. The van der Waals surface area contributed by atoms with Gasteiger partial charge in [0, 0.05) is 12.7 Å². The first-order valence-corrected chi connectivity index (χ1v) is 5.17. The highest BCUT2D eigenvalue weighted by Crippen LogP contribution is 2.16. The van der Waals surface area contributed by atoms with Crippen molar-refractivity contribution in [2.75, 3.05) is 13.2 Å². The fourth-order valence-corrected chi connectivity index (χ4v) is 1.36. The predicted octanol–water partition coefficient (Wildman–Crippen LogP) is 1.90. The molecule has 0 aliphatic rings. The fraction of sp³-hybridized carbons (Fsp3) is 0.455. The van der Waals surface area contributed by atoms with E-state index in [1.807, 2.05) is 6.92 Å². The Morgan fingerprint density at radius 2 is 1.94 bits per heavy atom. The number of ether oxygens (including phenoxy) is 1. The summed E-state index contributed by atoms with van der Waals surface area (Å²) >= 11 is 0. The van der Waals surface area contributed by atoms with Crippen LogP contribution in [0.5, 0.6) is 0 Å². The molecule has 0 aliphatic heterocycles. The van der Waals surface area contributed by atoms with E-state index < -0.39 is 17.7 Å². The zero-order valence-electron chi connectivity index (χ0n) is 9.17. The van der Waals surface area contributed by atoms with Crippen LogP contribution in [0.1, 0.15) is 24.9 Å². The van der Waals surface area contributed by atoms with Crippen LogP contribution in [0, 0.1) is 11.6 Å². The maximum Gasteiger partial charge on any atom is 0.126 e. The molecule has 0 aliphatic carbocycles. The van der Waals surface area contributed by atoms with Gasteiger partial charge >= 0.3 is 0 Å². The first-order chi connectivity index (χ1) is 7.67. The van der Waals surface area contributed by atoms with E-state index in [-0.39, 0.29) is 6.61 Å². The number of nitrogens with two attached hydrogens (primary N) is 1. The fourth-order valence-electron chi connectivity index (χ4n) is 1.36. The van der Waals surface area contributed by atoms with Gasteiger partial charge in [0.1, 0.15) is 11.6 Å². The Kier molecular flexibility index (Phi) is 5.31. The molecule has 0 heterocycles. The molecule has 1 aromatic rings. The standard InChI is InChI=1S/C11H16F2N2O/c1-2-3-16-7-11(15-14)8-4-9(12)6-10(13)5-8/h4-6,11,15H,2-3,7,14H2,1H3. The van der Waals surface area contributed by atoms with E-state index >= 15 is 0 Å². The maximum atomic E-state index is 13.0. The van der Waals surface area contributed by atoms with E-state index in [1.54, 1.807) is 0 Å². The molecule has 0 aromatic heterocycles. The Labute approximate surface area is 93.6 Å². The van der Waals surface area contributed by atoms with Gasteiger partial charge in [-0.15, -0.1) is 0 Å². The Hall–Kier alpha value is -1.04. The Bertz CT molecular complexity index is 314. The average molecular weight is 230 g/mol. The molecule has 0 radical (unpaired) electrons. The van der Waals surface area contributed by atoms with Crippen molar-refractivity contribution in [3.63, 3.8) is 0 Å². The normalized spacial score (nSPS) is 12.8. The van der Waals surface area contributed by atoms with Crippen LogP contribution < -0.4 is 11.3 Å². The van der Waals surface area contributed by atoms with E-state index in [9.17, 15) is 8.78 Å². The van der Waals surface area contributed by atoms with Gasteiger partial charge in [-0.2, -0.15) is 0 Å². The van der Waals surface area contributed by atoms with Crippen molar-refractivity contribution in [1.82, 2.24) is 5.43 Å². The third kappa shape index (κ3) is 3.84. The third-order valence-corrected chi connectivity index (χ3v) is 2.12. The molecular formula is C11H16F2N2O. The van der Waals surface area contributed by atoms with Gasteiger partial charge < -0.3 is 4.74 Å². The molecular weight excluding hydrogens is 214 g/mol. The first kappa shape index (κ1) is 13.0. The quantitative estimate of drug-likeness (QED) is 0.446. The molecule has 3 N–H and O–H groups in total. The van der Waals surface area contributed by atoms with Crippen LogP contribution in [0.25, 0.3) is 0 Å². The molecule has 0 amide bonds. The Balaban J connectivity index is 2.70. The summed E-state index contributed by atoms with van der Waals surface area (Å²) in [5, 5.41) is 0. The summed E-state index contributed by atoms with van der Waals surface area (Å²) in [6, 6.07) is 2.90. The summed E-state index contributed by atoms with van der Waals surface area (Å²) in [4.78, 5) is 0. The van der Waals surface area contributed by atoms with Crippen LogP contribution in [-0.2, 0) is 4.74 Å². The summed E-state index contributed by atoms with van der Waals surface area (Å²) in [5.41, 5.74) is 2.91. The topological polar surface area (TPSA) is 47.3 Å². The number of rotatable bonds is 6. The molecule has 0 fully saturated rings. The van der Waals surface area contributed by atoms with Gasteiger partial charge in [0.2, 0.25) is 0 Å². The van der Waals surface area contributed by atoms with Crippen molar-refractivity contribution in [2.24, 2.45) is 5.84 Å². The minimum atomic E-state index is -0.620. The third-order valence-electron chi connectivity index (χ3n) is 2.12. The van der Waals surface area contributed by atoms with E-state index in [4.69, 9.17) is 10.6 Å². The minimum absolute atomic E-state index is 0.285. The first-order valence-electron chi connectivity index (χ1n) is 5.17. The second-order valence-corrected chi connectivity index (χ2v) is 3.50. The molecule has 1 rings (SSSR count). The summed E-state index contributed by atoms with van der Waals surface area (Å²) in [6.07, 6.45) is 0.884.